The number of nitriles is 1. The van der Waals surface area contributed by atoms with E-state index in [1.165, 1.54) is 0 Å². The molecule has 1 atom stereocenters. The van der Waals surface area contributed by atoms with Crippen LogP contribution in [0.3, 0.4) is 0 Å². The van der Waals surface area contributed by atoms with Gasteiger partial charge in [-0.15, -0.1) is 0 Å². The second-order valence-corrected chi connectivity index (χ2v) is 3.95. The Hall–Kier alpha value is -1.77. The molecule has 0 aliphatic heterocycles. The third-order valence-electron chi connectivity index (χ3n) is 2.57. The van der Waals surface area contributed by atoms with E-state index in [2.05, 4.69) is 11.5 Å². The first kappa shape index (κ1) is 13.3. The summed E-state index contributed by atoms with van der Waals surface area (Å²) in [5.74, 6) is 6.67. The first-order chi connectivity index (χ1) is 8.08. The number of hydrogen-bond acceptors (Lipinski definition) is 5. The van der Waals surface area contributed by atoms with E-state index >= 15 is 0 Å². The van der Waals surface area contributed by atoms with Crippen LogP contribution in [0, 0.1) is 11.3 Å². The molecule has 0 spiro atoms. The molecule has 17 heavy (non-hydrogen) atoms. The minimum Gasteiger partial charge on any atom is -0.493 e. The number of hydrogen-bond donors (Lipinski definition) is 2. The fourth-order valence-electron chi connectivity index (χ4n) is 1.52. The first-order valence-electron chi connectivity index (χ1n) is 5.18. The molecule has 0 radical (unpaired) electrons. The van der Waals surface area contributed by atoms with Gasteiger partial charge in [0.15, 0.2) is 11.5 Å². The number of methoxy groups -OCH3 is 2. The van der Waals surface area contributed by atoms with Crippen molar-refractivity contribution < 1.29 is 9.47 Å². The third-order valence-corrected chi connectivity index (χ3v) is 2.57. The Bertz CT molecular complexity index is 428. The Morgan fingerprint density at radius 1 is 1.35 bits per heavy atom. The zero-order valence-corrected chi connectivity index (χ0v) is 10.3. The van der Waals surface area contributed by atoms with E-state index in [1.807, 2.05) is 18.2 Å². The minimum absolute atomic E-state index is 0.486. The van der Waals surface area contributed by atoms with Gasteiger partial charge in [-0.05, 0) is 24.6 Å². The third kappa shape index (κ3) is 3.09. The highest BCUT2D eigenvalue weighted by Crippen LogP contribution is 2.28. The van der Waals surface area contributed by atoms with Crippen LogP contribution in [-0.4, -0.2) is 19.8 Å². The molecule has 0 fully saturated rings. The number of ether oxygens (including phenoxy) is 2. The van der Waals surface area contributed by atoms with Gasteiger partial charge in [0, 0.05) is 6.42 Å². The average molecular weight is 235 g/mol. The van der Waals surface area contributed by atoms with Crippen molar-refractivity contribution >= 4 is 0 Å². The highest BCUT2D eigenvalue weighted by Gasteiger charge is 2.22. The number of benzene rings is 1. The molecule has 0 amide bonds. The molecular formula is C12H17N3O2. The van der Waals surface area contributed by atoms with E-state index in [1.54, 1.807) is 21.1 Å². The van der Waals surface area contributed by atoms with Gasteiger partial charge in [0.1, 0.15) is 5.54 Å². The van der Waals surface area contributed by atoms with Gasteiger partial charge in [-0.2, -0.15) is 5.26 Å². The maximum absolute atomic E-state index is 9.03. The van der Waals surface area contributed by atoms with Crippen molar-refractivity contribution in [1.29, 1.82) is 5.26 Å². The van der Waals surface area contributed by atoms with Crippen LogP contribution in [0.5, 0.6) is 11.5 Å². The Labute approximate surface area is 101 Å². The van der Waals surface area contributed by atoms with Crippen molar-refractivity contribution in [1.82, 2.24) is 5.43 Å². The summed E-state index contributed by atoms with van der Waals surface area (Å²) in [5, 5.41) is 9.03. The van der Waals surface area contributed by atoms with Gasteiger partial charge >= 0.3 is 0 Å². The zero-order chi connectivity index (χ0) is 12.9. The summed E-state index contributed by atoms with van der Waals surface area (Å²) < 4.78 is 10.3. The van der Waals surface area contributed by atoms with Crippen molar-refractivity contribution in [3.8, 4) is 17.6 Å². The summed E-state index contributed by atoms with van der Waals surface area (Å²) in [7, 11) is 3.16. The lowest BCUT2D eigenvalue weighted by Gasteiger charge is -2.20. The van der Waals surface area contributed by atoms with Crippen molar-refractivity contribution in [3.63, 3.8) is 0 Å². The lowest BCUT2D eigenvalue weighted by Crippen LogP contribution is -2.47. The molecule has 5 heteroatoms. The summed E-state index contributed by atoms with van der Waals surface area (Å²) in [4.78, 5) is 0. The largest absolute Gasteiger partial charge is 0.493 e. The van der Waals surface area contributed by atoms with Gasteiger partial charge in [0.2, 0.25) is 0 Å². The number of hydrazine groups is 1. The van der Waals surface area contributed by atoms with Crippen molar-refractivity contribution in [2.45, 2.75) is 18.9 Å². The highest BCUT2D eigenvalue weighted by molar-refractivity contribution is 5.43. The molecule has 92 valence electrons. The lowest BCUT2D eigenvalue weighted by atomic mass is 9.95. The van der Waals surface area contributed by atoms with Gasteiger partial charge in [-0.3, -0.25) is 5.84 Å². The predicted octanol–water partition coefficient (Wildman–Crippen LogP) is 0.992. The second-order valence-electron chi connectivity index (χ2n) is 3.95. The molecule has 0 heterocycles. The molecule has 0 aliphatic rings. The average Bonchev–Trinajstić information content (AvgIpc) is 2.38. The summed E-state index contributed by atoms with van der Waals surface area (Å²) in [6.07, 6.45) is 0.486. The van der Waals surface area contributed by atoms with Crippen LogP contribution < -0.4 is 20.7 Å². The van der Waals surface area contributed by atoms with Crippen LogP contribution in [0.15, 0.2) is 18.2 Å². The van der Waals surface area contributed by atoms with E-state index in [4.69, 9.17) is 20.6 Å². The van der Waals surface area contributed by atoms with Crippen LogP contribution in [-0.2, 0) is 6.42 Å². The molecule has 0 aliphatic carbocycles. The van der Waals surface area contributed by atoms with E-state index in [0.29, 0.717) is 17.9 Å². The molecule has 1 unspecified atom stereocenters. The Kier molecular flexibility index (Phi) is 4.32. The molecular weight excluding hydrogens is 218 g/mol. The maximum Gasteiger partial charge on any atom is 0.160 e. The molecule has 3 N–H and O–H groups in total. The van der Waals surface area contributed by atoms with E-state index in [0.717, 1.165) is 5.56 Å². The maximum atomic E-state index is 9.03. The minimum atomic E-state index is -0.792. The molecule has 0 saturated heterocycles. The monoisotopic (exact) mass is 235 g/mol. The van der Waals surface area contributed by atoms with Gasteiger partial charge in [-0.25, -0.2) is 5.43 Å². The van der Waals surface area contributed by atoms with E-state index in [-0.39, 0.29) is 0 Å². The predicted molar refractivity (Wildman–Crippen MR) is 64.6 cm³/mol. The van der Waals surface area contributed by atoms with Crippen LogP contribution >= 0.6 is 0 Å². The van der Waals surface area contributed by atoms with Crippen LogP contribution in [0.1, 0.15) is 12.5 Å². The molecule has 0 saturated carbocycles. The Balaban J connectivity index is 2.98. The van der Waals surface area contributed by atoms with Gasteiger partial charge in [0.25, 0.3) is 0 Å². The Morgan fingerprint density at radius 2 is 2.00 bits per heavy atom. The smallest absolute Gasteiger partial charge is 0.160 e. The summed E-state index contributed by atoms with van der Waals surface area (Å²) in [6.45, 7) is 1.74. The summed E-state index contributed by atoms with van der Waals surface area (Å²) in [5.41, 5.74) is 2.67. The van der Waals surface area contributed by atoms with E-state index in [9.17, 15) is 0 Å². The summed E-state index contributed by atoms with van der Waals surface area (Å²) in [6, 6.07) is 7.66. The molecule has 0 aromatic heterocycles. The normalized spacial score (nSPS) is 13.6. The number of nitrogens with two attached hydrogens (primary N) is 1. The first-order valence-corrected chi connectivity index (χ1v) is 5.18. The lowest BCUT2D eigenvalue weighted by molar-refractivity contribution is 0.354. The molecule has 0 bridgehead atoms. The highest BCUT2D eigenvalue weighted by atomic mass is 16.5. The fourth-order valence-corrected chi connectivity index (χ4v) is 1.52. The van der Waals surface area contributed by atoms with Gasteiger partial charge < -0.3 is 9.47 Å². The SMILES string of the molecule is COc1ccc(CC(C)(C#N)NN)cc1OC. The Morgan fingerprint density at radius 3 is 2.47 bits per heavy atom. The molecule has 1 rings (SSSR count). The van der Waals surface area contributed by atoms with Crippen LogP contribution in [0.2, 0.25) is 0 Å². The second kappa shape index (κ2) is 5.53. The zero-order valence-electron chi connectivity index (χ0n) is 10.3. The standard InChI is InChI=1S/C12H17N3O2/c1-12(8-13,15-14)7-9-4-5-10(16-2)11(6-9)17-3/h4-6,15H,7,14H2,1-3H3. The van der Waals surface area contributed by atoms with Crippen molar-refractivity contribution in [3.05, 3.63) is 23.8 Å². The van der Waals surface area contributed by atoms with Gasteiger partial charge in [0.05, 0.1) is 20.3 Å². The number of nitrogens with zero attached hydrogens (tertiary/aromatic N) is 1. The fraction of sp³-hybridized carbons (Fsp3) is 0.417. The van der Waals surface area contributed by atoms with Gasteiger partial charge in [-0.1, -0.05) is 6.07 Å². The number of nitrogens with one attached hydrogen (secondary N) is 1. The summed E-state index contributed by atoms with van der Waals surface area (Å²) >= 11 is 0. The van der Waals surface area contributed by atoms with Crippen molar-refractivity contribution in [2.75, 3.05) is 14.2 Å². The van der Waals surface area contributed by atoms with Crippen molar-refractivity contribution in [2.24, 2.45) is 5.84 Å². The molecule has 5 nitrogen and oxygen atoms in total. The quantitative estimate of drug-likeness (QED) is 0.587. The molecule has 1 aromatic carbocycles. The topological polar surface area (TPSA) is 80.3 Å². The molecule has 1 aromatic rings. The van der Waals surface area contributed by atoms with Crippen LogP contribution in [0.4, 0.5) is 0 Å². The van der Waals surface area contributed by atoms with Crippen LogP contribution in [0.25, 0.3) is 0 Å². The number of rotatable bonds is 5. The van der Waals surface area contributed by atoms with E-state index < -0.39 is 5.54 Å².